The first-order valence-electron chi connectivity index (χ1n) is 7.66. The third-order valence-corrected chi connectivity index (χ3v) is 5.36. The average Bonchev–Trinajstić information content (AvgIpc) is 2.91. The molecular weight excluding hydrogens is 264 g/mol. The molecule has 1 aromatic heterocycles. The molecule has 0 aliphatic heterocycles. The summed E-state index contributed by atoms with van der Waals surface area (Å²) in [6.45, 7) is 4.48. The summed E-state index contributed by atoms with van der Waals surface area (Å²) >= 11 is 0. The fourth-order valence-corrected chi connectivity index (χ4v) is 3.88. The van der Waals surface area contributed by atoms with Gasteiger partial charge in [0.15, 0.2) is 0 Å². The van der Waals surface area contributed by atoms with Crippen LogP contribution in [0.15, 0.2) is 23.0 Å². The number of aryl methyl sites for hydroxylation is 2. The van der Waals surface area contributed by atoms with Crippen LogP contribution in [0.1, 0.15) is 44.8 Å². The van der Waals surface area contributed by atoms with E-state index in [2.05, 4.69) is 13.8 Å². The lowest BCUT2D eigenvalue weighted by Gasteiger charge is -2.31. The van der Waals surface area contributed by atoms with Gasteiger partial charge in [0.25, 0.3) is 0 Å². The van der Waals surface area contributed by atoms with Crippen molar-refractivity contribution in [2.45, 2.75) is 39.2 Å². The number of imidazole rings is 1. The second-order valence-electron chi connectivity index (χ2n) is 7.08. The molecule has 0 amide bonds. The summed E-state index contributed by atoms with van der Waals surface area (Å²) in [7, 11) is 3.56. The third kappa shape index (κ3) is 2.13. The maximum atomic E-state index is 12.0. The summed E-state index contributed by atoms with van der Waals surface area (Å²) in [6, 6.07) is 5.87. The maximum Gasteiger partial charge on any atom is 0.328 e. The van der Waals surface area contributed by atoms with E-state index in [1.807, 2.05) is 18.2 Å². The van der Waals surface area contributed by atoms with Crippen LogP contribution < -0.4 is 5.69 Å². The molecule has 0 radical (unpaired) electrons. The Labute approximate surface area is 125 Å². The number of hydrogen-bond donors (Lipinski definition) is 1. The molecule has 2 atom stereocenters. The van der Waals surface area contributed by atoms with Crippen LogP contribution in [0.2, 0.25) is 0 Å². The van der Waals surface area contributed by atoms with Gasteiger partial charge in [0.1, 0.15) is 0 Å². The van der Waals surface area contributed by atoms with Crippen LogP contribution in [0, 0.1) is 11.3 Å². The van der Waals surface area contributed by atoms with Crippen LogP contribution in [0.25, 0.3) is 11.0 Å². The summed E-state index contributed by atoms with van der Waals surface area (Å²) < 4.78 is 3.29. The molecule has 1 aliphatic rings. The normalized spacial score (nSPS) is 22.8. The summed E-state index contributed by atoms with van der Waals surface area (Å²) in [4.78, 5) is 12.0. The van der Waals surface area contributed by atoms with E-state index in [-0.39, 0.29) is 17.0 Å². The van der Waals surface area contributed by atoms with E-state index in [0.29, 0.717) is 0 Å². The Hall–Kier alpha value is -1.55. The number of benzene rings is 1. The van der Waals surface area contributed by atoms with Crippen LogP contribution in [0.4, 0.5) is 0 Å². The summed E-state index contributed by atoms with van der Waals surface area (Å²) in [5.74, 6) is 0.288. The second kappa shape index (κ2) is 4.73. The van der Waals surface area contributed by atoms with Gasteiger partial charge in [-0.25, -0.2) is 4.79 Å². The SMILES string of the molecule is Cn1c(=O)n(C)c2cc(C(O)C3CCCC3(C)C)ccc21. The van der Waals surface area contributed by atoms with Crippen molar-refractivity contribution >= 4 is 11.0 Å². The molecule has 1 N–H and O–H groups in total. The van der Waals surface area contributed by atoms with Crippen LogP contribution in [0.3, 0.4) is 0 Å². The quantitative estimate of drug-likeness (QED) is 0.923. The van der Waals surface area contributed by atoms with Crippen molar-refractivity contribution in [3.63, 3.8) is 0 Å². The van der Waals surface area contributed by atoms with Crippen molar-refractivity contribution in [3.05, 3.63) is 34.2 Å². The van der Waals surface area contributed by atoms with E-state index < -0.39 is 6.10 Å². The minimum absolute atomic E-state index is 0.0298. The van der Waals surface area contributed by atoms with Gasteiger partial charge in [-0.05, 0) is 41.9 Å². The highest BCUT2D eigenvalue weighted by atomic mass is 16.3. The van der Waals surface area contributed by atoms with E-state index >= 15 is 0 Å². The lowest BCUT2D eigenvalue weighted by Crippen LogP contribution is -2.24. The zero-order chi connectivity index (χ0) is 15.4. The van der Waals surface area contributed by atoms with Gasteiger partial charge < -0.3 is 5.11 Å². The number of fused-ring (bicyclic) bond motifs is 1. The molecule has 3 rings (SSSR count). The van der Waals surface area contributed by atoms with Crippen molar-refractivity contribution in [1.82, 2.24) is 9.13 Å². The van der Waals surface area contributed by atoms with Gasteiger partial charge in [-0.15, -0.1) is 0 Å². The largest absolute Gasteiger partial charge is 0.388 e. The monoisotopic (exact) mass is 288 g/mol. The fraction of sp³-hybridized carbons (Fsp3) is 0.588. The molecule has 4 nitrogen and oxygen atoms in total. The Kier molecular flexibility index (Phi) is 3.24. The Morgan fingerprint density at radius 2 is 1.90 bits per heavy atom. The van der Waals surface area contributed by atoms with Crippen molar-refractivity contribution in [2.24, 2.45) is 25.4 Å². The molecule has 1 fully saturated rings. The zero-order valence-corrected chi connectivity index (χ0v) is 13.3. The Morgan fingerprint density at radius 1 is 1.24 bits per heavy atom. The summed E-state index contributed by atoms with van der Waals surface area (Å²) in [5, 5.41) is 10.8. The highest BCUT2D eigenvalue weighted by molar-refractivity contribution is 5.77. The minimum atomic E-state index is -0.456. The van der Waals surface area contributed by atoms with Crippen molar-refractivity contribution in [3.8, 4) is 0 Å². The Morgan fingerprint density at radius 3 is 2.52 bits per heavy atom. The average molecular weight is 288 g/mol. The van der Waals surface area contributed by atoms with Crippen LogP contribution in [-0.4, -0.2) is 14.2 Å². The van der Waals surface area contributed by atoms with E-state index in [9.17, 15) is 9.90 Å². The predicted molar refractivity (Wildman–Crippen MR) is 84.2 cm³/mol. The van der Waals surface area contributed by atoms with Crippen LogP contribution >= 0.6 is 0 Å². The topological polar surface area (TPSA) is 47.2 Å². The molecule has 2 unspecified atom stereocenters. The molecule has 2 aromatic rings. The van der Waals surface area contributed by atoms with E-state index in [1.165, 1.54) is 12.8 Å². The molecule has 0 saturated heterocycles. The lowest BCUT2D eigenvalue weighted by molar-refractivity contribution is 0.0532. The number of aromatic nitrogens is 2. The van der Waals surface area contributed by atoms with E-state index in [1.54, 1.807) is 23.2 Å². The first-order valence-corrected chi connectivity index (χ1v) is 7.66. The van der Waals surface area contributed by atoms with Gasteiger partial charge in [-0.2, -0.15) is 0 Å². The molecule has 4 heteroatoms. The maximum absolute atomic E-state index is 12.0. The molecule has 1 aromatic carbocycles. The van der Waals surface area contributed by atoms with Gasteiger partial charge in [-0.1, -0.05) is 26.3 Å². The second-order valence-corrected chi connectivity index (χ2v) is 7.08. The molecule has 1 heterocycles. The molecule has 1 aliphatic carbocycles. The van der Waals surface area contributed by atoms with Crippen molar-refractivity contribution in [2.75, 3.05) is 0 Å². The number of nitrogens with zero attached hydrogens (tertiary/aromatic N) is 2. The first kappa shape index (κ1) is 14.4. The van der Waals surface area contributed by atoms with E-state index in [0.717, 1.165) is 23.0 Å². The summed E-state index contributed by atoms with van der Waals surface area (Å²) in [6.07, 6.45) is 2.96. The lowest BCUT2D eigenvalue weighted by atomic mass is 9.77. The zero-order valence-electron chi connectivity index (χ0n) is 13.3. The molecule has 21 heavy (non-hydrogen) atoms. The summed E-state index contributed by atoms with van der Waals surface area (Å²) in [5.41, 5.74) is 2.86. The molecule has 1 saturated carbocycles. The number of aliphatic hydroxyl groups is 1. The fourth-order valence-electron chi connectivity index (χ4n) is 3.88. The van der Waals surface area contributed by atoms with E-state index in [4.69, 9.17) is 0 Å². The van der Waals surface area contributed by atoms with Gasteiger partial charge in [0, 0.05) is 14.1 Å². The van der Waals surface area contributed by atoms with Crippen LogP contribution in [0.5, 0.6) is 0 Å². The highest BCUT2D eigenvalue weighted by Gasteiger charge is 2.39. The standard InChI is InChI=1S/C17H24N2O2/c1-17(2)9-5-6-12(17)15(20)11-7-8-13-14(10-11)19(4)16(21)18(13)3/h7-8,10,12,15,20H,5-6,9H2,1-4H3. The number of rotatable bonds is 2. The minimum Gasteiger partial charge on any atom is -0.388 e. The molecular formula is C17H24N2O2. The van der Waals surface area contributed by atoms with Gasteiger partial charge in [0.05, 0.1) is 17.1 Å². The molecule has 0 bridgehead atoms. The Bertz CT molecular complexity index is 739. The van der Waals surface area contributed by atoms with Crippen molar-refractivity contribution in [1.29, 1.82) is 0 Å². The molecule has 114 valence electrons. The third-order valence-electron chi connectivity index (χ3n) is 5.36. The van der Waals surface area contributed by atoms with Gasteiger partial charge in [0.2, 0.25) is 0 Å². The van der Waals surface area contributed by atoms with Crippen molar-refractivity contribution < 1.29 is 5.11 Å². The van der Waals surface area contributed by atoms with Gasteiger partial charge in [-0.3, -0.25) is 9.13 Å². The Balaban J connectivity index is 2.05. The highest BCUT2D eigenvalue weighted by Crippen LogP contribution is 2.48. The molecule has 0 spiro atoms. The first-order chi connectivity index (χ1) is 9.83. The predicted octanol–water partition coefficient (Wildman–Crippen LogP) is 2.74. The number of aliphatic hydroxyl groups excluding tert-OH is 1. The smallest absolute Gasteiger partial charge is 0.328 e. The van der Waals surface area contributed by atoms with Crippen LogP contribution in [-0.2, 0) is 14.1 Å². The number of hydrogen-bond acceptors (Lipinski definition) is 2. The van der Waals surface area contributed by atoms with Gasteiger partial charge >= 0.3 is 5.69 Å².